The van der Waals surface area contributed by atoms with Crippen LogP contribution in [0.15, 0.2) is 72.9 Å². The lowest BCUT2D eigenvalue weighted by Gasteiger charge is -2.19. The Hall–Kier alpha value is -2.67. The minimum atomic E-state index is 0.189. The minimum absolute atomic E-state index is 0.189. The van der Waals surface area contributed by atoms with Crippen LogP contribution in [0.3, 0.4) is 0 Å². The maximum absolute atomic E-state index is 4.61. The van der Waals surface area contributed by atoms with Crippen molar-refractivity contribution in [2.75, 3.05) is 0 Å². The fraction of sp³-hybridized carbons (Fsp3) is 0.0500. The number of aromatic nitrogens is 1. The molecule has 1 nitrogen and oxygen atoms in total. The lowest BCUT2D eigenvalue weighted by atomic mass is 9.85. The molecule has 0 spiro atoms. The van der Waals surface area contributed by atoms with Crippen molar-refractivity contribution in [2.24, 2.45) is 0 Å². The maximum Gasteiger partial charge on any atom is 0.0524 e. The summed E-state index contributed by atoms with van der Waals surface area (Å²) in [5.41, 5.74) is 6.27. The Morgan fingerprint density at radius 3 is 1.76 bits per heavy atom. The smallest absolute Gasteiger partial charge is 0.0524 e. The molecule has 1 aromatic heterocycles. The predicted octanol–water partition coefficient (Wildman–Crippen LogP) is 4.75. The van der Waals surface area contributed by atoms with Gasteiger partial charge in [-0.05, 0) is 34.4 Å². The van der Waals surface area contributed by atoms with Gasteiger partial charge in [-0.1, -0.05) is 66.7 Å². The third kappa shape index (κ3) is 2.07. The molecular weight excluding hydrogens is 254 g/mol. The van der Waals surface area contributed by atoms with Gasteiger partial charge in [0.2, 0.25) is 0 Å². The maximum atomic E-state index is 4.61. The van der Waals surface area contributed by atoms with E-state index in [4.69, 9.17) is 0 Å². The predicted molar refractivity (Wildman–Crippen MR) is 87.0 cm³/mol. The number of benzene rings is 2. The first-order valence-corrected chi connectivity index (χ1v) is 7.20. The summed E-state index contributed by atoms with van der Waals surface area (Å²) in [7, 11) is 0. The average molecular weight is 269 g/mol. The van der Waals surface area contributed by atoms with E-state index in [9.17, 15) is 0 Å². The Labute approximate surface area is 124 Å². The van der Waals surface area contributed by atoms with E-state index in [2.05, 4.69) is 77.8 Å². The van der Waals surface area contributed by atoms with Crippen molar-refractivity contribution in [1.29, 1.82) is 0 Å². The Morgan fingerprint density at radius 2 is 1.19 bits per heavy atom. The Balaban J connectivity index is 2.02. The van der Waals surface area contributed by atoms with Crippen LogP contribution in [0, 0.1) is 0 Å². The molecular formula is C20H15N. The largest absolute Gasteiger partial charge is 0.260 e. The summed E-state index contributed by atoms with van der Waals surface area (Å²) in [5.74, 6) is 0.189. The van der Waals surface area contributed by atoms with Crippen molar-refractivity contribution in [1.82, 2.24) is 4.98 Å². The average Bonchev–Trinajstić information content (AvgIpc) is 2.72. The van der Waals surface area contributed by atoms with E-state index in [0.29, 0.717) is 0 Å². The van der Waals surface area contributed by atoms with Gasteiger partial charge in [0, 0.05) is 6.20 Å². The third-order valence-electron chi connectivity index (χ3n) is 4.04. The van der Waals surface area contributed by atoms with E-state index >= 15 is 0 Å². The lowest BCUT2D eigenvalue weighted by Crippen LogP contribution is -2.07. The van der Waals surface area contributed by atoms with Crippen molar-refractivity contribution >= 4 is 12.2 Å². The molecule has 0 unspecified atom stereocenters. The number of hydrogen-bond donors (Lipinski definition) is 0. The van der Waals surface area contributed by atoms with Gasteiger partial charge in [0.15, 0.2) is 0 Å². The molecule has 1 heterocycles. The fourth-order valence-corrected chi connectivity index (χ4v) is 3.06. The number of nitrogens with zero attached hydrogens (tertiary/aromatic N) is 1. The van der Waals surface area contributed by atoms with E-state index in [0.717, 1.165) is 5.69 Å². The minimum Gasteiger partial charge on any atom is -0.260 e. The van der Waals surface area contributed by atoms with Crippen LogP contribution in [0.25, 0.3) is 12.2 Å². The number of rotatable bonds is 1. The SMILES string of the molecule is C1=Cc2ccccc2C(c2ccccn2)c2ccccc21. The Bertz CT molecular complexity index is 753. The highest BCUT2D eigenvalue weighted by molar-refractivity contribution is 5.77. The quantitative estimate of drug-likeness (QED) is 0.486. The van der Waals surface area contributed by atoms with E-state index in [1.165, 1.54) is 22.3 Å². The van der Waals surface area contributed by atoms with E-state index in [1.807, 2.05) is 12.3 Å². The summed E-state index contributed by atoms with van der Waals surface area (Å²) in [5, 5.41) is 0. The van der Waals surface area contributed by atoms with Crippen LogP contribution in [-0.4, -0.2) is 4.98 Å². The molecule has 4 rings (SSSR count). The van der Waals surface area contributed by atoms with Crippen LogP contribution in [0.4, 0.5) is 0 Å². The molecule has 0 bridgehead atoms. The summed E-state index contributed by atoms with van der Waals surface area (Å²) < 4.78 is 0. The van der Waals surface area contributed by atoms with Gasteiger partial charge >= 0.3 is 0 Å². The molecule has 0 saturated heterocycles. The second kappa shape index (κ2) is 5.02. The van der Waals surface area contributed by atoms with Crippen LogP contribution >= 0.6 is 0 Å². The lowest BCUT2D eigenvalue weighted by molar-refractivity contribution is 0.916. The highest BCUT2D eigenvalue weighted by atomic mass is 14.7. The van der Waals surface area contributed by atoms with E-state index < -0.39 is 0 Å². The molecule has 1 aliphatic carbocycles. The topological polar surface area (TPSA) is 12.9 Å². The summed E-state index contributed by atoms with van der Waals surface area (Å²) in [6, 6.07) is 23.3. The number of pyridine rings is 1. The molecule has 0 fully saturated rings. The highest BCUT2D eigenvalue weighted by Gasteiger charge is 2.23. The number of hydrogen-bond acceptors (Lipinski definition) is 1. The third-order valence-corrected chi connectivity index (χ3v) is 4.04. The molecule has 0 atom stereocenters. The van der Waals surface area contributed by atoms with Crippen LogP contribution in [-0.2, 0) is 0 Å². The summed E-state index contributed by atoms with van der Waals surface area (Å²) >= 11 is 0. The molecule has 1 heteroatoms. The molecule has 0 aliphatic heterocycles. The van der Waals surface area contributed by atoms with Gasteiger partial charge in [-0.25, -0.2) is 0 Å². The first kappa shape index (κ1) is 12.1. The van der Waals surface area contributed by atoms with Crippen molar-refractivity contribution in [3.63, 3.8) is 0 Å². The van der Waals surface area contributed by atoms with Gasteiger partial charge in [0.05, 0.1) is 11.6 Å². The zero-order chi connectivity index (χ0) is 14.1. The highest BCUT2D eigenvalue weighted by Crippen LogP contribution is 2.37. The van der Waals surface area contributed by atoms with Gasteiger partial charge in [-0.15, -0.1) is 0 Å². The van der Waals surface area contributed by atoms with Crippen LogP contribution < -0.4 is 0 Å². The number of fused-ring (bicyclic) bond motifs is 2. The first-order chi connectivity index (χ1) is 10.4. The van der Waals surface area contributed by atoms with Crippen molar-refractivity contribution in [2.45, 2.75) is 5.92 Å². The van der Waals surface area contributed by atoms with Gasteiger partial charge in [-0.3, -0.25) is 4.98 Å². The molecule has 0 radical (unpaired) electrons. The van der Waals surface area contributed by atoms with Crippen LogP contribution in [0.5, 0.6) is 0 Å². The summed E-state index contributed by atoms with van der Waals surface area (Å²) in [6.45, 7) is 0. The molecule has 0 N–H and O–H groups in total. The van der Waals surface area contributed by atoms with Crippen molar-refractivity contribution < 1.29 is 0 Å². The Kier molecular flexibility index (Phi) is 2.89. The molecule has 0 saturated carbocycles. The normalized spacial score (nSPS) is 13.3. The molecule has 100 valence electrons. The molecule has 1 aliphatic rings. The zero-order valence-electron chi connectivity index (χ0n) is 11.6. The zero-order valence-corrected chi connectivity index (χ0v) is 11.6. The van der Waals surface area contributed by atoms with Gasteiger partial charge in [0.1, 0.15) is 0 Å². The molecule has 0 amide bonds. The fourth-order valence-electron chi connectivity index (χ4n) is 3.06. The second-order valence-electron chi connectivity index (χ2n) is 5.28. The molecule has 21 heavy (non-hydrogen) atoms. The van der Waals surface area contributed by atoms with Crippen molar-refractivity contribution in [3.05, 3.63) is 101 Å². The van der Waals surface area contributed by atoms with E-state index in [-0.39, 0.29) is 5.92 Å². The Morgan fingerprint density at radius 1 is 0.619 bits per heavy atom. The van der Waals surface area contributed by atoms with Crippen molar-refractivity contribution in [3.8, 4) is 0 Å². The summed E-state index contributed by atoms with van der Waals surface area (Å²) in [4.78, 5) is 4.61. The van der Waals surface area contributed by atoms with Crippen LogP contribution in [0.1, 0.15) is 33.9 Å². The van der Waals surface area contributed by atoms with E-state index in [1.54, 1.807) is 0 Å². The molecule has 2 aromatic carbocycles. The summed E-state index contributed by atoms with van der Waals surface area (Å²) in [6.07, 6.45) is 6.28. The monoisotopic (exact) mass is 269 g/mol. The second-order valence-corrected chi connectivity index (χ2v) is 5.28. The molecule has 3 aromatic rings. The van der Waals surface area contributed by atoms with Gasteiger partial charge in [-0.2, -0.15) is 0 Å². The first-order valence-electron chi connectivity index (χ1n) is 7.20. The van der Waals surface area contributed by atoms with Gasteiger partial charge in [0.25, 0.3) is 0 Å². The van der Waals surface area contributed by atoms with Crippen LogP contribution in [0.2, 0.25) is 0 Å². The van der Waals surface area contributed by atoms with Gasteiger partial charge < -0.3 is 0 Å². The standard InChI is InChI=1S/C20H15N/c1-3-9-17-15(7-1)12-13-16-8-2-4-10-18(16)20(17)19-11-5-6-14-21-19/h1-14,20H.